The fourth-order valence-corrected chi connectivity index (χ4v) is 2.12. The molecule has 0 bridgehead atoms. The molecule has 0 fully saturated rings. The number of halogens is 5. The van der Waals surface area contributed by atoms with Gasteiger partial charge < -0.3 is 0 Å². The molecule has 0 radical (unpaired) electrons. The Hall–Kier alpha value is -2.21. The maximum absolute atomic E-state index is 13.7. The Morgan fingerprint density at radius 2 is 1.62 bits per heavy atom. The van der Waals surface area contributed by atoms with E-state index in [1.165, 1.54) is 12.1 Å². The molecule has 1 aromatic heterocycles. The van der Waals surface area contributed by atoms with Crippen molar-refractivity contribution < 1.29 is 17.6 Å². The van der Waals surface area contributed by atoms with Gasteiger partial charge in [-0.3, -0.25) is 0 Å². The maximum Gasteiger partial charge on any atom is 0.195 e. The molecule has 2 nitrogen and oxygen atoms in total. The molecular weight excluding hydrogens is 308 g/mol. The minimum absolute atomic E-state index is 0.0425. The summed E-state index contributed by atoms with van der Waals surface area (Å²) in [5.41, 5.74) is -0.226. The van der Waals surface area contributed by atoms with Crippen molar-refractivity contribution in [2.45, 2.75) is 0 Å². The zero-order valence-corrected chi connectivity index (χ0v) is 10.9. The standard InChI is InChI=1S/C14H5ClF4N2/c15-13-7-2-1-6(16)5-10(7)20-14(21-13)8-3-4-9(17)12(19)11(8)18/h1-5H. The minimum atomic E-state index is -1.63. The van der Waals surface area contributed by atoms with Gasteiger partial charge >= 0.3 is 0 Å². The fraction of sp³-hybridized carbons (Fsp3) is 0. The molecular formula is C14H5ClF4N2. The second kappa shape index (κ2) is 4.96. The van der Waals surface area contributed by atoms with Crippen molar-refractivity contribution in [3.05, 3.63) is 58.8 Å². The quantitative estimate of drug-likeness (QED) is 0.375. The molecule has 2 aromatic carbocycles. The first-order valence-electron chi connectivity index (χ1n) is 5.74. The molecule has 0 N–H and O–H groups in total. The first kappa shape index (κ1) is 13.8. The van der Waals surface area contributed by atoms with Crippen LogP contribution in [-0.2, 0) is 0 Å². The van der Waals surface area contributed by atoms with E-state index >= 15 is 0 Å². The van der Waals surface area contributed by atoms with Crippen LogP contribution in [-0.4, -0.2) is 9.97 Å². The van der Waals surface area contributed by atoms with Gasteiger partial charge in [0, 0.05) is 11.5 Å². The van der Waals surface area contributed by atoms with E-state index in [0.29, 0.717) is 5.39 Å². The number of fused-ring (bicyclic) bond motifs is 1. The summed E-state index contributed by atoms with van der Waals surface area (Å²) in [6, 6.07) is 5.38. The van der Waals surface area contributed by atoms with Crippen molar-refractivity contribution in [2.24, 2.45) is 0 Å². The lowest BCUT2D eigenvalue weighted by Gasteiger charge is -2.06. The van der Waals surface area contributed by atoms with Gasteiger partial charge in [0.1, 0.15) is 11.0 Å². The number of rotatable bonds is 1. The molecule has 7 heteroatoms. The Labute approximate surface area is 121 Å². The summed E-state index contributed by atoms with van der Waals surface area (Å²) in [4.78, 5) is 7.77. The Balaban J connectivity index is 2.28. The van der Waals surface area contributed by atoms with Crippen LogP contribution < -0.4 is 0 Å². The third-order valence-electron chi connectivity index (χ3n) is 2.89. The molecule has 0 saturated carbocycles. The van der Waals surface area contributed by atoms with Crippen LogP contribution in [0.4, 0.5) is 17.6 Å². The van der Waals surface area contributed by atoms with E-state index in [-0.39, 0.29) is 22.1 Å². The van der Waals surface area contributed by atoms with Crippen LogP contribution in [0.3, 0.4) is 0 Å². The minimum Gasteiger partial charge on any atom is -0.228 e. The van der Waals surface area contributed by atoms with Crippen LogP contribution in [0.5, 0.6) is 0 Å². The van der Waals surface area contributed by atoms with Gasteiger partial charge in [-0.1, -0.05) is 11.6 Å². The van der Waals surface area contributed by atoms with Crippen LogP contribution in [0.25, 0.3) is 22.3 Å². The lowest BCUT2D eigenvalue weighted by atomic mass is 10.1. The second-order valence-electron chi connectivity index (χ2n) is 4.22. The Kier molecular flexibility index (Phi) is 3.25. The van der Waals surface area contributed by atoms with Crippen LogP contribution in [0.15, 0.2) is 30.3 Å². The van der Waals surface area contributed by atoms with Gasteiger partial charge in [-0.25, -0.2) is 27.5 Å². The SMILES string of the molecule is Fc1ccc2c(Cl)nc(-c3ccc(F)c(F)c3F)nc2c1. The van der Waals surface area contributed by atoms with Gasteiger partial charge in [0.2, 0.25) is 0 Å². The maximum atomic E-state index is 13.7. The molecule has 0 amide bonds. The third kappa shape index (κ3) is 2.31. The smallest absolute Gasteiger partial charge is 0.195 e. The van der Waals surface area contributed by atoms with Gasteiger partial charge in [0.25, 0.3) is 0 Å². The van der Waals surface area contributed by atoms with Crippen LogP contribution in [0.1, 0.15) is 0 Å². The molecule has 106 valence electrons. The molecule has 0 aliphatic heterocycles. The van der Waals surface area contributed by atoms with Crippen LogP contribution in [0.2, 0.25) is 5.15 Å². The Morgan fingerprint density at radius 1 is 0.857 bits per heavy atom. The van der Waals surface area contributed by atoms with E-state index in [9.17, 15) is 17.6 Å². The van der Waals surface area contributed by atoms with E-state index in [0.717, 1.165) is 18.2 Å². The van der Waals surface area contributed by atoms with Crippen LogP contribution in [0, 0.1) is 23.3 Å². The van der Waals surface area contributed by atoms with Gasteiger partial charge in [-0.05, 0) is 24.3 Å². The van der Waals surface area contributed by atoms with E-state index in [4.69, 9.17) is 11.6 Å². The number of aromatic nitrogens is 2. The lowest BCUT2D eigenvalue weighted by molar-refractivity contribution is 0.448. The van der Waals surface area contributed by atoms with Gasteiger partial charge in [0.05, 0.1) is 11.1 Å². The van der Waals surface area contributed by atoms with Crippen molar-refractivity contribution in [1.82, 2.24) is 9.97 Å². The highest BCUT2D eigenvalue weighted by Crippen LogP contribution is 2.28. The average molecular weight is 313 g/mol. The number of hydrogen-bond donors (Lipinski definition) is 0. The van der Waals surface area contributed by atoms with Crippen molar-refractivity contribution in [3.8, 4) is 11.4 Å². The molecule has 0 saturated heterocycles. The zero-order valence-electron chi connectivity index (χ0n) is 10.2. The van der Waals surface area contributed by atoms with Gasteiger partial charge in [0.15, 0.2) is 23.3 Å². The summed E-state index contributed by atoms with van der Waals surface area (Å²) in [7, 11) is 0. The molecule has 0 spiro atoms. The normalized spacial score (nSPS) is 11.1. The van der Waals surface area contributed by atoms with Crippen molar-refractivity contribution in [3.63, 3.8) is 0 Å². The summed E-state index contributed by atoms with van der Waals surface area (Å²) in [5.74, 6) is -5.20. The highest BCUT2D eigenvalue weighted by atomic mass is 35.5. The average Bonchev–Trinajstić information content (AvgIpc) is 2.44. The number of benzene rings is 2. The molecule has 0 aliphatic carbocycles. The molecule has 0 aliphatic rings. The molecule has 0 atom stereocenters. The molecule has 3 rings (SSSR count). The highest BCUT2D eigenvalue weighted by Gasteiger charge is 2.18. The van der Waals surface area contributed by atoms with Gasteiger partial charge in [-0.2, -0.15) is 0 Å². The number of hydrogen-bond acceptors (Lipinski definition) is 2. The first-order chi connectivity index (χ1) is 9.97. The lowest BCUT2D eigenvalue weighted by Crippen LogP contribution is -1.98. The largest absolute Gasteiger partial charge is 0.228 e. The summed E-state index contributed by atoms with van der Waals surface area (Å²) in [6.45, 7) is 0. The summed E-state index contributed by atoms with van der Waals surface area (Å²) >= 11 is 5.92. The summed E-state index contributed by atoms with van der Waals surface area (Å²) in [6.07, 6.45) is 0. The van der Waals surface area contributed by atoms with Gasteiger partial charge in [-0.15, -0.1) is 0 Å². The summed E-state index contributed by atoms with van der Waals surface area (Å²) in [5, 5.41) is 0.323. The Bertz CT molecular complexity index is 867. The monoisotopic (exact) mass is 312 g/mol. The van der Waals surface area contributed by atoms with E-state index in [1.807, 2.05) is 0 Å². The first-order valence-corrected chi connectivity index (χ1v) is 6.12. The fourth-order valence-electron chi connectivity index (χ4n) is 1.88. The third-order valence-corrected chi connectivity index (χ3v) is 3.18. The molecule has 21 heavy (non-hydrogen) atoms. The zero-order chi connectivity index (χ0) is 15.1. The predicted octanol–water partition coefficient (Wildman–Crippen LogP) is 4.51. The van der Waals surface area contributed by atoms with Crippen molar-refractivity contribution in [1.29, 1.82) is 0 Å². The molecule has 3 aromatic rings. The number of nitrogens with zero attached hydrogens (tertiary/aromatic N) is 2. The van der Waals surface area contributed by atoms with E-state index in [1.54, 1.807) is 0 Å². The van der Waals surface area contributed by atoms with Crippen molar-refractivity contribution >= 4 is 22.5 Å². The Morgan fingerprint density at radius 3 is 2.38 bits per heavy atom. The van der Waals surface area contributed by atoms with E-state index in [2.05, 4.69) is 9.97 Å². The molecule has 0 unspecified atom stereocenters. The highest BCUT2D eigenvalue weighted by molar-refractivity contribution is 6.34. The van der Waals surface area contributed by atoms with Crippen molar-refractivity contribution in [2.75, 3.05) is 0 Å². The predicted molar refractivity (Wildman–Crippen MR) is 69.8 cm³/mol. The van der Waals surface area contributed by atoms with E-state index < -0.39 is 23.3 Å². The topological polar surface area (TPSA) is 25.8 Å². The summed E-state index contributed by atoms with van der Waals surface area (Å²) < 4.78 is 53.1. The van der Waals surface area contributed by atoms with Crippen LogP contribution >= 0.6 is 11.6 Å². The molecule has 1 heterocycles. The second-order valence-corrected chi connectivity index (χ2v) is 4.58.